The maximum Gasteiger partial charge on any atom is 0.255 e. The maximum atomic E-state index is 13.7. The molecule has 2 aromatic rings. The van der Waals surface area contributed by atoms with Crippen LogP contribution in [0.5, 0.6) is 11.6 Å². The second-order valence-corrected chi connectivity index (χ2v) is 8.56. The zero-order valence-electron chi connectivity index (χ0n) is 14.8. The molecule has 4 heterocycles. The number of hydrogen-bond donors (Lipinski definition) is 0. The molecule has 2 aliphatic heterocycles. The lowest BCUT2D eigenvalue weighted by atomic mass is 9.96. The van der Waals surface area contributed by atoms with Crippen molar-refractivity contribution in [3.05, 3.63) is 41.7 Å². The van der Waals surface area contributed by atoms with E-state index in [9.17, 15) is 8.42 Å². The highest BCUT2D eigenvalue weighted by atomic mass is 32.2. The van der Waals surface area contributed by atoms with Gasteiger partial charge in [0.05, 0.1) is 7.11 Å². The number of ether oxygens (including phenoxy) is 2. The number of fused-ring (bicyclic) bond motifs is 4. The third-order valence-electron chi connectivity index (χ3n) is 5.01. The van der Waals surface area contributed by atoms with Crippen molar-refractivity contribution in [3.63, 3.8) is 0 Å². The van der Waals surface area contributed by atoms with Gasteiger partial charge in [0.1, 0.15) is 23.9 Å². The molecule has 138 valence electrons. The summed E-state index contributed by atoms with van der Waals surface area (Å²) in [6.07, 6.45) is 4.37. The smallest absolute Gasteiger partial charge is 0.255 e. The molecule has 2 aromatic heterocycles. The molecule has 0 fully saturated rings. The molecule has 1 atom stereocenters. The number of anilines is 1. The summed E-state index contributed by atoms with van der Waals surface area (Å²) in [6, 6.07) is 6.94. The number of methoxy groups -OCH3 is 1. The van der Waals surface area contributed by atoms with E-state index in [1.807, 2.05) is 0 Å². The zero-order valence-corrected chi connectivity index (χ0v) is 15.6. The van der Waals surface area contributed by atoms with Gasteiger partial charge in [0, 0.05) is 24.4 Å². The van der Waals surface area contributed by atoms with E-state index in [0.29, 0.717) is 35.2 Å². The van der Waals surface area contributed by atoms with Gasteiger partial charge < -0.3 is 9.47 Å². The van der Waals surface area contributed by atoms with Crippen molar-refractivity contribution >= 4 is 15.8 Å². The van der Waals surface area contributed by atoms with Gasteiger partial charge in [-0.2, -0.15) is 0 Å². The molecular weight excluding hydrogens is 354 g/mol. The van der Waals surface area contributed by atoms with Crippen LogP contribution >= 0.6 is 0 Å². The number of aromatic nitrogens is 2. The van der Waals surface area contributed by atoms with Gasteiger partial charge in [-0.1, -0.05) is 25.8 Å². The van der Waals surface area contributed by atoms with E-state index >= 15 is 0 Å². The first kappa shape index (κ1) is 17.1. The molecule has 2 aliphatic rings. The van der Waals surface area contributed by atoms with Crippen LogP contribution in [0, 0.1) is 0 Å². The molecule has 0 aliphatic carbocycles. The van der Waals surface area contributed by atoms with Crippen molar-refractivity contribution in [3.8, 4) is 11.6 Å². The maximum absolute atomic E-state index is 13.7. The van der Waals surface area contributed by atoms with Gasteiger partial charge in [0.15, 0.2) is 4.75 Å². The van der Waals surface area contributed by atoms with Gasteiger partial charge in [-0.05, 0) is 18.6 Å². The Morgan fingerprint density at radius 1 is 1.31 bits per heavy atom. The van der Waals surface area contributed by atoms with Gasteiger partial charge >= 0.3 is 0 Å². The molecule has 0 bridgehead atoms. The normalized spacial score (nSPS) is 22.2. The second kappa shape index (κ2) is 6.12. The van der Waals surface area contributed by atoms with Crippen molar-refractivity contribution in [1.29, 1.82) is 0 Å². The molecule has 8 heteroatoms. The van der Waals surface area contributed by atoms with E-state index < -0.39 is 14.8 Å². The highest BCUT2D eigenvalue weighted by Crippen LogP contribution is 2.55. The molecule has 0 amide bonds. The quantitative estimate of drug-likeness (QED) is 0.747. The van der Waals surface area contributed by atoms with E-state index in [-0.39, 0.29) is 6.61 Å². The molecule has 0 radical (unpaired) electrons. The highest BCUT2D eigenvalue weighted by Gasteiger charge is 2.63. The average Bonchev–Trinajstić information content (AvgIpc) is 3.13. The summed E-state index contributed by atoms with van der Waals surface area (Å²) in [5.41, 5.74) is 1.00. The molecule has 0 aromatic carbocycles. The first-order chi connectivity index (χ1) is 12.6. The summed E-state index contributed by atoms with van der Waals surface area (Å²) in [7, 11) is -2.27. The minimum Gasteiger partial charge on any atom is -0.489 e. The fourth-order valence-corrected chi connectivity index (χ4v) is 5.84. The van der Waals surface area contributed by atoms with E-state index in [4.69, 9.17) is 9.47 Å². The lowest BCUT2D eigenvalue weighted by molar-refractivity contribution is 0.328. The van der Waals surface area contributed by atoms with Crippen molar-refractivity contribution in [2.75, 3.05) is 24.6 Å². The van der Waals surface area contributed by atoms with Crippen LogP contribution in [0.3, 0.4) is 0 Å². The largest absolute Gasteiger partial charge is 0.489 e. The lowest BCUT2D eigenvalue weighted by Crippen LogP contribution is -2.43. The van der Waals surface area contributed by atoms with Crippen molar-refractivity contribution in [1.82, 2.24) is 9.97 Å². The summed E-state index contributed by atoms with van der Waals surface area (Å²) in [5.74, 6) is 1.31. The molecule has 1 unspecified atom stereocenters. The minimum atomic E-state index is -3.78. The van der Waals surface area contributed by atoms with Crippen molar-refractivity contribution in [2.24, 2.45) is 0 Å². The van der Waals surface area contributed by atoms with Crippen LogP contribution in [0.4, 0.5) is 5.82 Å². The van der Waals surface area contributed by atoms with E-state index in [0.717, 1.165) is 19.3 Å². The fourth-order valence-electron chi connectivity index (χ4n) is 3.68. The summed E-state index contributed by atoms with van der Waals surface area (Å²) >= 11 is 0. The van der Waals surface area contributed by atoms with Gasteiger partial charge in [-0.15, -0.1) is 0 Å². The molecule has 4 rings (SSSR count). The van der Waals surface area contributed by atoms with Gasteiger partial charge in [-0.3, -0.25) is 4.31 Å². The number of pyridine rings is 2. The highest BCUT2D eigenvalue weighted by molar-refractivity contribution is 7.94. The summed E-state index contributed by atoms with van der Waals surface area (Å²) < 4.78 is 38.3. The van der Waals surface area contributed by atoms with Crippen LogP contribution in [-0.2, 0) is 14.8 Å². The van der Waals surface area contributed by atoms with E-state index in [1.165, 1.54) is 11.4 Å². The minimum absolute atomic E-state index is 0.00615. The Hall–Kier alpha value is -2.35. The van der Waals surface area contributed by atoms with Crippen molar-refractivity contribution in [2.45, 2.75) is 30.9 Å². The van der Waals surface area contributed by atoms with Crippen molar-refractivity contribution < 1.29 is 17.9 Å². The molecular formula is C18H21N3O4S. The Bertz CT molecular complexity index is 947. The van der Waals surface area contributed by atoms with Gasteiger partial charge in [-0.25, -0.2) is 18.4 Å². The second-order valence-electron chi connectivity index (χ2n) is 6.47. The third kappa shape index (κ3) is 2.14. The predicted octanol–water partition coefficient (Wildman–Crippen LogP) is 2.46. The molecule has 7 nitrogen and oxygen atoms in total. The number of sulfonamides is 1. The lowest BCUT2D eigenvalue weighted by Gasteiger charge is -2.24. The average molecular weight is 375 g/mol. The Kier molecular flexibility index (Phi) is 4.02. The van der Waals surface area contributed by atoms with Gasteiger partial charge in [0.25, 0.3) is 10.0 Å². The SMILES string of the molecule is CCCCCN1c2ncccc2C2(COc3ccc(OC)nc32)S1(=O)=O. The molecule has 1 spiro atoms. The standard InChI is InChI=1S/C18H21N3O4S/c1-3-4-5-11-21-17-13(7-6-10-19-17)18(26(21,22)23)12-25-14-8-9-15(24-2)20-16(14)18/h6-10H,3-5,11-12H2,1-2H3. The summed E-state index contributed by atoms with van der Waals surface area (Å²) in [4.78, 5) is 8.83. The summed E-state index contributed by atoms with van der Waals surface area (Å²) in [5, 5.41) is 0. The molecule has 0 N–H and O–H groups in total. The van der Waals surface area contributed by atoms with Crippen LogP contribution < -0.4 is 13.8 Å². The predicted molar refractivity (Wildman–Crippen MR) is 97.1 cm³/mol. The Labute approximate surface area is 153 Å². The van der Waals surface area contributed by atoms with E-state index in [1.54, 1.807) is 30.5 Å². The van der Waals surface area contributed by atoms with Crippen LogP contribution in [-0.4, -0.2) is 38.6 Å². The Morgan fingerprint density at radius 3 is 2.92 bits per heavy atom. The van der Waals surface area contributed by atoms with Gasteiger partial charge in [0.2, 0.25) is 5.88 Å². The van der Waals surface area contributed by atoms with Crippen LogP contribution in [0.25, 0.3) is 0 Å². The fraction of sp³-hybridized carbons (Fsp3) is 0.444. The number of rotatable bonds is 5. The number of hydrogen-bond acceptors (Lipinski definition) is 6. The topological polar surface area (TPSA) is 81.6 Å². The summed E-state index contributed by atoms with van der Waals surface area (Å²) in [6.45, 7) is 2.48. The number of nitrogens with zero attached hydrogens (tertiary/aromatic N) is 3. The Morgan fingerprint density at radius 2 is 2.15 bits per heavy atom. The van der Waals surface area contributed by atoms with Crippen LogP contribution in [0.2, 0.25) is 0 Å². The molecule has 0 saturated heterocycles. The number of unbranched alkanes of at least 4 members (excludes halogenated alkanes) is 2. The van der Waals surface area contributed by atoms with Crippen LogP contribution in [0.1, 0.15) is 37.4 Å². The van der Waals surface area contributed by atoms with E-state index in [2.05, 4.69) is 16.9 Å². The third-order valence-corrected chi connectivity index (χ3v) is 7.36. The monoisotopic (exact) mass is 375 g/mol. The van der Waals surface area contributed by atoms with Crippen LogP contribution in [0.15, 0.2) is 30.5 Å². The Balaban J connectivity index is 1.91. The first-order valence-corrected chi connectivity index (χ1v) is 10.2. The molecule has 0 saturated carbocycles. The molecule has 26 heavy (non-hydrogen) atoms. The zero-order chi connectivity index (χ0) is 18.4. The first-order valence-electron chi connectivity index (χ1n) is 8.72.